The summed E-state index contributed by atoms with van der Waals surface area (Å²) in [5.41, 5.74) is -0.887. The average Bonchev–Trinajstić information content (AvgIpc) is 2.28. The molecule has 1 atom stereocenters. The van der Waals surface area contributed by atoms with Gasteiger partial charge in [-0.05, 0) is 26.3 Å². The van der Waals surface area contributed by atoms with Gasteiger partial charge in [-0.3, -0.25) is 4.79 Å². The molecule has 0 aliphatic rings. The minimum atomic E-state index is -1.17. The van der Waals surface area contributed by atoms with Crippen molar-refractivity contribution in [3.63, 3.8) is 0 Å². The summed E-state index contributed by atoms with van der Waals surface area (Å²) in [6, 6.07) is 9.19. The smallest absolute Gasteiger partial charge is 0.223 e. The van der Waals surface area contributed by atoms with Gasteiger partial charge in [-0.1, -0.05) is 30.3 Å². The van der Waals surface area contributed by atoms with Gasteiger partial charge in [0.2, 0.25) is 5.91 Å². The predicted molar refractivity (Wildman–Crippen MR) is 74.7 cm³/mol. The van der Waals surface area contributed by atoms with E-state index in [9.17, 15) is 9.90 Å². The van der Waals surface area contributed by atoms with E-state index >= 15 is 0 Å². The first-order valence-corrected chi connectivity index (χ1v) is 6.35. The minimum absolute atomic E-state index is 0.0180. The number of aliphatic hydroxyl groups is 1. The molecule has 1 rings (SSSR count). The maximum atomic E-state index is 12.0. The first kappa shape index (κ1) is 15.7. The Morgan fingerprint density at radius 3 is 2.37 bits per heavy atom. The molecule has 0 bridgehead atoms. The van der Waals surface area contributed by atoms with Crippen LogP contribution in [0, 0.1) is 0 Å². The second-order valence-electron chi connectivity index (χ2n) is 5.68. The molecule has 0 heterocycles. The van der Waals surface area contributed by atoms with E-state index in [0.717, 1.165) is 5.56 Å². The van der Waals surface area contributed by atoms with E-state index in [2.05, 4.69) is 5.32 Å². The van der Waals surface area contributed by atoms with Gasteiger partial charge in [0.1, 0.15) is 0 Å². The van der Waals surface area contributed by atoms with E-state index in [4.69, 9.17) is 4.74 Å². The maximum absolute atomic E-state index is 12.0. The van der Waals surface area contributed by atoms with Gasteiger partial charge in [0.05, 0.1) is 24.2 Å². The summed E-state index contributed by atoms with van der Waals surface area (Å²) in [5, 5.41) is 13.2. The lowest BCUT2D eigenvalue weighted by Gasteiger charge is -2.28. The fraction of sp³-hybridized carbons (Fsp3) is 0.533. The molecule has 2 N–H and O–H groups in total. The summed E-state index contributed by atoms with van der Waals surface area (Å²) in [6.07, 6.45) is 0.0180. The van der Waals surface area contributed by atoms with Crippen LogP contribution in [0.5, 0.6) is 0 Å². The number of methoxy groups -OCH3 is 1. The summed E-state index contributed by atoms with van der Waals surface area (Å²) in [7, 11) is 1.59. The predicted octanol–water partition coefficient (Wildman–Crippen LogP) is 1.83. The Morgan fingerprint density at radius 2 is 1.84 bits per heavy atom. The Balaban J connectivity index is 2.66. The van der Waals surface area contributed by atoms with Crippen LogP contribution in [-0.2, 0) is 15.1 Å². The molecule has 1 aromatic rings. The fourth-order valence-corrected chi connectivity index (χ4v) is 2.03. The zero-order valence-corrected chi connectivity index (χ0v) is 12.1. The van der Waals surface area contributed by atoms with E-state index in [1.807, 2.05) is 44.2 Å². The monoisotopic (exact) mass is 265 g/mol. The summed E-state index contributed by atoms with van der Waals surface area (Å²) in [4.78, 5) is 12.0. The molecule has 1 amide bonds. The third-order valence-electron chi connectivity index (χ3n) is 2.88. The highest BCUT2D eigenvalue weighted by molar-refractivity contribution is 5.78. The third-order valence-corrected chi connectivity index (χ3v) is 2.88. The van der Waals surface area contributed by atoms with Crippen molar-refractivity contribution in [1.29, 1.82) is 0 Å². The van der Waals surface area contributed by atoms with Crippen molar-refractivity contribution in [2.24, 2.45) is 0 Å². The summed E-state index contributed by atoms with van der Waals surface area (Å²) < 4.78 is 5.05. The molecule has 4 nitrogen and oxygen atoms in total. The first-order valence-electron chi connectivity index (χ1n) is 6.35. The number of hydrogen-bond acceptors (Lipinski definition) is 3. The van der Waals surface area contributed by atoms with E-state index in [1.165, 1.54) is 0 Å². The van der Waals surface area contributed by atoms with E-state index in [0.29, 0.717) is 6.61 Å². The van der Waals surface area contributed by atoms with E-state index in [1.54, 1.807) is 14.0 Å². The van der Waals surface area contributed by atoms with Crippen LogP contribution in [-0.4, -0.2) is 30.3 Å². The van der Waals surface area contributed by atoms with Crippen LogP contribution in [0.15, 0.2) is 30.3 Å². The van der Waals surface area contributed by atoms with Crippen LogP contribution in [0.2, 0.25) is 0 Å². The van der Waals surface area contributed by atoms with Crippen LogP contribution in [0.1, 0.15) is 32.8 Å². The first-order chi connectivity index (χ1) is 8.77. The fourth-order valence-electron chi connectivity index (χ4n) is 2.03. The van der Waals surface area contributed by atoms with Crippen LogP contribution < -0.4 is 5.32 Å². The largest absolute Gasteiger partial charge is 0.385 e. The van der Waals surface area contributed by atoms with Crippen molar-refractivity contribution in [3.05, 3.63) is 35.9 Å². The van der Waals surface area contributed by atoms with Gasteiger partial charge in [-0.2, -0.15) is 0 Å². The van der Waals surface area contributed by atoms with Gasteiger partial charge in [-0.15, -0.1) is 0 Å². The van der Waals surface area contributed by atoms with Crippen molar-refractivity contribution >= 4 is 5.91 Å². The lowest BCUT2D eigenvalue weighted by molar-refractivity contribution is -0.128. The normalized spacial score (nSPS) is 14.8. The van der Waals surface area contributed by atoms with Gasteiger partial charge in [-0.25, -0.2) is 0 Å². The summed E-state index contributed by atoms with van der Waals surface area (Å²) >= 11 is 0. The zero-order valence-electron chi connectivity index (χ0n) is 12.1. The number of benzene rings is 1. The van der Waals surface area contributed by atoms with E-state index in [-0.39, 0.29) is 12.3 Å². The number of ether oxygens (including phenoxy) is 1. The second-order valence-corrected chi connectivity index (χ2v) is 5.68. The number of amides is 1. The highest BCUT2D eigenvalue weighted by Gasteiger charge is 2.29. The highest BCUT2D eigenvalue weighted by Crippen LogP contribution is 2.24. The number of rotatable bonds is 6. The van der Waals surface area contributed by atoms with Gasteiger partial charge in [0, 0.05) is 7.11 Å². The number of nitrogens with one attached hydrogen (secondary N) is 1. The molecule has 0 saturated heterocycles. The Bertz CT molecular complexity index is 413. The van der Waals surface area contributed by atoms with Gasteiger partial charge < -0.3 is 15.2 Å². The Labute approximate surface area is 114 Å². The molecule has 19 heavy (non-hydrogen) atoms. The molecular formula is C15H23NO3. The van der Waals surface area contributed by atoms with Gasteiger partial charge in [0.25, 0.3) is 0 Å². The number of carbonyl (C=O) groups excluding carboxylic acids is 1. The molecule has 1 unspecified atom stereocenters. The molecule has 0 aromatic heterocycles. The molecule has 1 aromatic carbocycles. The van der Waals surface area contributed by atoms with Crippen molar-refractivity contribution in [3.8, 4) is 0 Å². The summed E-state index contributed by atoms with van der Waals surface area (Å²) in [5.74, 6) is -0.198. The van der Waals surface area contributed by atoms with Crippen LogP contribution >= 0.6 is 0 Å². The molecule has 0 aliphatic heterocycles. The average molecular weight is 265 g/mol. The quantitative estimate of drug-likeness (QED) is 0.825. The molecule has 4 heteroatoms. The highest BCUT2D eigenvalue weighted by atomic mass is 16.5. The lowest BCUT2D eigenvalue weighted by atomic mass is 9.92. The minimum Gasteiger partial charge on any atom is -0.385 e. The van der Waals surface area contributed by atoms with Gasteiger partial charge >= 0.3 is 0 Å². The lowest BCUT2D eigenvalue weighted by Crippen LogP contribution is -2.48. The Kier molecular flexibility index (Phi) is 5.09. The SMILES string of the molecule is COCC(C)(C)NC(=O)CC(C)(O)c1ccccc1. The second kappa shape index (κ2) is 6.17. The zero-order chi connectivity index (χ0) is 14.5. The van der Waals surface area contributed by atoms with Crippen LogP contribution in [0.4, 0.5) is 0 Å². The van der Waals surface area contributed by atoms with Crippen molar-refractivity contribution in [1.82, 2.24) is 5.32 Å². The van der Waals surface area contributed by atoms with E-state index < -0.39 is 11.1 Å². The molecule has 0 saturated carbocycles. The van der Waals surface area contributed by atoms with Crippen molar-refractivity contribution < 1.29 is 14.6 Å². The third kappa shape index (κ3) is 5.01. The van der Waals surface area contributed by atoms with Gasteiger partial charge in [0.15, 0.2) is 0 Å². The molecule has 0 fully saturated rings. The van der Waals surface area contributed by atoms with Crippen molar-refractivity contribution in [2.75, 3.05) is 13.7 Å². The summed E-state index contributed by atoms with van der Waals surface area (Å²) in [6.45, 7) is 5.83. The topological polar surface area (TPSA) is 58.6 Å². The molecule has 0 radical (unpaired) electrons. The molecule has 0 aliphatic carbocycles. The van der Waals surface area contributed by atoms with Crippen molar-refractivity contribution in [2.45, 2.75) is 38.3 Å². The molecule has 0 spiro atoms. The Morgan fingerprint density at radius 1 is 1.26 bits per heavy atom. The van der Waals surface area contributed by atoms with Crippen LogP contribution in [0.3, 0.4) is 0 Å². The number of carbonyl (C=O) groups is 1. The number of hydrogen-bond donors (Lipinski definition) is 2. The maximum Gasteiger partial charge on any atom is 0.223 e. The van der Waals surface area contributed by atoms with Crippen LogP contribution in [0.25, 0.3) is 0 Å². The molecule has 106 valence electrons. The molecular weight excluding hydrogens is 242 g/mol. The Hall–Kier alpha value is -1.39. The standard InChI is InChI=1S/C15H23NO3/c1-14(2,11-19-4)16-13(17)10-15(3,18)12-8-6-5-7-9-12/h5-9,18H,10-11H2,1-4H3,(H,16,17).